The van der Waals surface area contributed by atoms with Crippen LogP contribution in [-0.2, 0) is 14.3 Å². The Balaban J connectivity index is 2.33. The number of nitrogens with one attached hydrogen (secondary N) is 2. The molecule has 0 aromatic rings. The van der Waals surface area contributed by atoms with Crippen molar-refractivity contribution in [3.63, 3.8) is 0 Å². The number of carbonyl (C=O) groups is 2. The minimum Gasteiger partial charge on any atom is -0.469 e. The van der Waals surface area contributed by atoms with Crippen molar-refractivity contribution in [2.45, 2.75) is 32.8 Å². The lowest BCUT2D eigenvalue weighted by atomic mass is 9.90. The van der Waals surface area contributed by atoms with Crippen LogP contribution in [0.25, 0.3) is 0 Å². The van der Waals surface area contributed by atoms with Crippen LogP contribution in [0.15, 0.2) is 0 Å². The zero-order valence-electron chi connectivity index (χ0n) is 12.1. The molecule has 19 heavy (non-hydrogen) atoms. The highest BCUT2D eigenvalue weighted by Gasteiger charge is 2.28. The van der Waals surface area contributed by atoms with Gasteiger partial charge in [-0.15, -0.1) is 0 Å². The lowest BCUT2D eigenvalue weighted by molar-refractivity contribution is -0.146. The summed E-state index contributed by atoms with van der Waals surface area (Å²) in [4.78, 5) is 23.0. The number of carbonyl (C=O) groups excluding carboxylic acids is 2. The normalized spacial score (nSPS) is 23.6. The summed E-state index contributed by atoms with van der Waals surface area (Å²) >= 11 is 0. The number of amides is 1. The van der Waals surface area contributed by atoms with Crippen LogP contribution in [-0.4, -0.2) is 44.4 Å². The summed E-state index contributed by atoms with van der Waals surface area (Å²) in [5.74, 6) is -0.121. The van der Waals surface area contributed by atoms with E-state index in [0.29, 0.717) is 13.1 Å². The Bertz CT molecular complexity index is 325. The van der Waals surface area contributed by atoms with E-state index in [1.54, 1.807) is 0 Å². The molecule has 0 spiro atoms. The molecule has 1 aliphatic rings. The quantitative estimate of drug-likeness (QED) is 0.747. The van der Waals surface area contributed by atoms with Crippen molar-refractivity contribution in [1.29, 1.82) is 0 Å². The van der Waals surface area contributed by atoms with Gasteiger partial charge in [0.25, 0.3) is 0 Å². The van der Waals surface area contributed by atoms with Crippen molar-refractivity contribution in [2.24, 2.45) is 11.8 Å². The Morgan fingerprint density at radius 2 is 2.00 bits per heavy atom. The Labute approximate surface area is 114 Å². The fourth-order valence-corrected chi connectivity index (χ4v) is 2.07. The van der Waals surface area contributed by atoms with Crippen LogP contribution in [0.2, 0.25) is 0 Å². The third-order valence-corrected chi connectivity index (χ3v) is 2.91. The number of hydrogen-bond acceptors (Lipinski definition) is 5. The highest BCUT2D eigenvalue weighted by atomic mass is 16.6. The van der Waals surface area contributed by atoms with Gasteiger partial charge in [-0.05, 0) is 39.7 Å². The first kappa shape index (κ1) is 15.8. The van der Waals surface area contributed by atoms with Gasteiger partial charge in [0.1, 0.15) is 5.60 Å². The minimum atomic E-state index is -0.497. The number of rotatable bonds is 3. The van der Waals surface area contributed by atoms with Crippen molar-refractivity contribution >= 4 is 12.1 Å². The van der Waals surface area contributed by atoms with Gasteiger partial charge < -0.3 is 20.1 Å². The van der Waals surface area contributed by atoms with E-state index in [1.165, 1.54) is 7.11 Å². The molecule has 0 aliphatic carbocycles. The van der Waals surface area contributed by atoms with Crippen LogP contribution in [0.5, 0.6) is 0 Å². The lowest BCUT2D eigenvalue weighted by Gasteiger charge is -2.29. The maximum absolute atomic E-state index is 11.5. The Morgan fingerprint density at radius 3 is 2.58 bits per heavy atom. The molecule has 2 atom stereocenters. The van der Waals surface area contributed by atoms with E-state index in [4.69, 9.17) is 9.47 Å². The molecule has 2 unspecified atom stereocenters. The van der Waals surface area contributed by atoms with E-state index >= 15 is 0 Å². The molecular weight excluding hydrogens is 248 g/mol. The molecule has 110 valence electrons. The van der Waals surface area contributed by atoms with Crippen molar-refractivity contribution < 1.29 is 19.1 Å². The maximum atomic E-state index is 11.5. The second-order valence-electron chi connectivity index (χ2n) is 5.86. The van der Waals surface area contributed by atoms with Gasteiger partial charge in [-0.25, -0.2) is 4.79 Å². The SMILES string of the molecule is COC(=O)C1CNCC(CNC(=O)OC(C)(C)C)C1. The van der Waals surface area contributed by atoms with Crippen LogP contribution >= 0.6 is 0 Å². The molecule has 1 amide bonds. The second kappa shape index (κ2) is 6.75. The molecule has 0 saturated carbocycles. The van der Waals surface area contributed by atoms with E-state index in [-0.39, 0.29) is 17.8 Å². The summed E-state index contributed by atoms with van der Waals surface area (Å²) in [6.07, 6.45) is 0.294. The molecule has 1 fully saturated rings. The van der Waals surface area contributed by atoms with Gasteiger partial charge >= 0.3 is 12.1 Å². The average Bonchev–Trinajstić information content (AvgIpc) is 2.34. The molecular formula is C13H24N2O4. The number of methoxy groups -OCH3 is 1. The minimum absolute atomic E-state index is 0.135. The summed E-state index contributed by atoms with van der Waals surface area (Å²) in [6.45, 7) is 7.38. The molecule has 1 saturated heterocycles. The van der Waals surface area contributed by atoms with Gasteiger partial charge in [0.2, 0.25) is 0 Å². The summed E-state index contributed by atoms with van der Waals surface area (Å²) in [7, 11) is 1.39. The summed E-state index contributed by atoms with van der Waals surface area (Å²) in [6, 6.07) is 0. The molecule has 0 aromatic carbocycles. The van der Waals surface area contributed by atoms with E-state index < -0.39 is 11.7 Å². The largest absolute Gasteiger partial charge is 0.469 e. The third-order valence-electron chi connectivity index (χ3n) is 2.91. The Morgan fingerprint density at radius 1 is 1.32 bits per heavy atom. The maximum Gasteiger partial charge on any atom is 0.407 e. The monoisotopic (exact) mass is 272 g/mol. The van der Waals surface area contributed by atoms with E-state index in [0.717, 1.165) is 13.0 Å². The fourth-order valence-electron chi connectivity index (χ4n) is 2.07. The first-order valence-electron chi connectivity index (χ1n) is 6.57. The number of hydrogen-bond donors (Lipinski definition) is 2. The van der Waals surface area contributed by atoms with Crippen molar-refractivity contribution in [3.05, 3.63) is 0 Å². The summed E-state index contributed by atoms with van der Waals surface area (Å²) < 4.78 is 9.90. The predicted octanol–water partition coefficient (Wildman–Crippen LogP) is 0.910. The fraction of sp³-hybridized carbons (Fsp3) is 0.846. The molecule has 1 rings (SSSR count). The van der Waals surface area contributed by atoms with Crippen LogP contribution in [0, 0.1) is 11.8 Å². The highest BCUT2D eigenvalue weighted by Crippen LogP contribution is 2.17. The van der Waals surface area contributed by atoms with Gasteiger partial charge in [0.15, 0.2) is 0 Å². The van der Waals surface area contributed by atoms with Crippen LogP contribution in [0.1, 0.15) is 27.2 Å². The topological polar surface area (TPSA) is 76.7 Å². The van der Waals surface area contributed by atoms with Crippen LogP contribution in [0.4, 0.5) is 4.79 Å². The average molecular weight is 272 g/mol. The van der Waals surface area contributed by atoms with Crippen molar-refractivity contribution in [2.75, 3.05) is 26.7 Å². The van der Waals surface area contributed by atoms with E-state index in [2.05, 4.69) is 10.6 Å². The Kier molecular flexibility index (Phi) is 5.60. The van der Waals surface area contributed by atoms with Crippen molar-refractivity contribution in [3.8, 4) is 0 Å². The molecule has 6 heteroatoms. The number of piperidine rings is 1. The second-order valence-corrected chi connectivity index (χ2v) is 5.86. The lowest BCUT2D eigenvalue weighted by Crippen LogP contribution is -2.45. The van der Waals surface area contributed by atoms with Gasteiger partial charge in [0.05, 0.1) is 13.0 Å². The molecule has 1 aliphatic heterocycles. The molecule has 6 nitrogen and oxygen atoms in total. The Hall–Kier alpha value is -1.30. The molecule has 1 heterocycles. The van der Waals surface area contributed by atoms with Gasteiger partial charge in [-0.1, -0.05) is 0 Å². The molecule has 0 bridgehead atoms. The van der Waals surface area contributed by atoms with Gasteiger partial charge in [0, 0.05) is 13.1 Å². The van der Waals surface area contributed by atoms with Crippen molar-refractivity contribution in [1.82, 2.24) is 10.6 Å². The van der Waals surface area contributed by atoms with E-state index in [1.807, 2.05) is 20.8 Å². The van der Waals surface area contributed by atoms with Gasteiger partial charge in [-0.2, -0.15) is 0 Å². The third kappa shape index (κ3) is 5.92. The summed E-state index contributed by atoms with van der Waals surface area (Å²) in [5, 5.41) is 5.91. The number of ether oxygens (including phenoxy) is 2. The zero-order valence-corrected chi connectivity index (χ0v) is 12.1. The zero-order chi connectivity index (χ0) is 14.5. The molecule has 0 radical (unpaired) electrons. The standard InChI is InChI=1S/C13H24N2O4/c1-13(2,3)19-12(17)15-7-9-5-10(8-14-6-9)11(16)18-4/h9-10,14H,5-8H2,1-4H3,(H,15,17). The first-order valence-corrected chi connectivity index (χ1v) is 6.57. The number of alkyl carbamates (subject to hydrolysis) is 1. The van der Waals surface area contributed by atoms with Gasteiger partial charge in [-0.3, -0.25) is 4.79 Å². The number of esters is 1. The van der Waals surface area contributed by atoms with Crippen LogP contribution < -0.4 is 10.6 Å². The highest BCUT2D eigenvalue weighted by molar-refractivity contribution is 5.72. The van der Waals surface area contributed by atoms with Crippen LogP contribution in [0.3, 0.4) is 0 Å². The smallest absolute Gasteiger partial charge is 0.407 e. The first-order chi connectivity index (χ1) is 8.81. The van der Waals surface area contributed by atoms with E-state index in [9.17, 15) is 9.59 Å². The predicted molar refractivity (Wildman–Crippen MR) is 70.7 cm³/mol. The molecule has 2 N–H and O–H groups in total. The summed E-state index contributed by atoms with van der Waals surface area (Å²) in [5.41, 5.74) is -0.497. The molecule has 0 aromatic heterocycles.